The van der Waals surface area contributed by atoms with Crippen LogP contribution in [-0.2, 0) is 14.2 Å². The molecule has 2 amide bonds. The standard InChI is InChI=1S/C10H12N4O2S2.CH4.H3O4P/c1-3-4-14-8(16)6-18-10(14)12-11-9-13(2)7(15)5-17-9;;1-5(2,3)4/h3H,1,4-6H2,2H3;1H4;(H3,1,2,3,4). The van der Waals surface area contributed by atoms with E-state index in [0.717, 1.165) is 0 Å². The molecule has 2 heterocycles. The van der Waals surface area contributed by atoms with Crippen molar-refractivity contribution in [3.05, 3.63) is 12.7 Å². The van der Waals surface area contributed by atoms with Gasteiger partial charge in [0, 0.05) is 13.6 Å². The molecule has 0 aliphatic carbocycles. The van der Waals surface area contributed by atoms with Crippen LogP contribution in [0.2, 0.25) is 0 Å². The molecule has 0 aromatic rings. The van der Waals surface area contributed by atoms with Crippen LogP contribution in [0.4, 0.5) is 0 Å². The normalized spacial score (nSPS) is 21.0. The fraction of sp³-hybridized carbons (Fsp3) is 0.455. The summed E-state index contributed by atoms with van der Waals surface area (Å²) in [5.41, 5.74) is 0. The highest BCUT2D eigenvalue weighted by Crippen LogP contribution is 2.25. The van der Waals surface area contributed by atoms with Crippen molar-refractivity contribution >= 4 is 53.5 Å². The van der Waals surface area contributed by atoms with Gasteiger partial charge < -0.3 is 14.7 Å². The van der Waals surface area contributed by atoms with Crippen LogP contribution in [0.3, 0.4) is 0 Å². The molecule has 0 spiro atoms. The molecule has 24 heavy (non-hydrogen) atoms. The number of hydrogen-bond donors (Lipinski definition) is 3. The molecule has 0 radical (unpaired) electrons. The number of nitrogens with zero attached hydrogens (tertiary/aromatic N) is 4. The second kappa shape index (κ2) is 9.97. The molecule has 3 N–H and O–H groups in total. The molecule has 2 rings (SSSR count). The Morgan fingerprint density at radius 1 is 1.17 bits per heavy atom. The van der Waals surface area contributed by atoms with Crippen LogP contribution in [0, 0.1) is 0 Å². The molecule has 10 nitrogen and oxygen atoms in total. The molecule has 0 unspecified atom stereocenters. The quantitative estimate of drug-likeness (QED) is 0.350. The lowest BCUT2D eigenvalue weighted by atomic mass is 10.5. The second-order valence-electron chi connectivity index (χ2n) is 4.10. The smallest absolute Gasteiger partial charge is 0.303 e. The maximum absolute atomic E-state index is 11.5. The number of amides is 2. The largest absolute Gasteiger partial charge is 0.466 e. The first-order chi connectivity index (χ1) is 10.6. The van der Waals surface area contributed by atoms with E-state index in [0.29, 0.717) is 28.4 Å². The van der Waals surface area contributed by atoms with Crippen LogP contribution in [0.5, 0.6) is 0 Å². The molecule has 2 fully saturated rings. The zero-order valence-electron chi connectivity index (χ0n) is 12.0. The molecule has 136 valence electrons. The lowest BCUT2D eigenvalue weighted by Crippen LogP contribution is -2.29. The van der Waals surface area contributed by atoms with Crippen LogP contribution < -0.4 is 0 Å². The van der Waals surface area contributed by atoms with Gasteiger partial charge in [0.1, 0.15) is 0 Å². The summed E-state index contributed by atoms with van der Waals surface area (Å²) in [6.07, 6.45) is 1.65. The van der Waals surface area contributed by atoms with Gasteiger partial charge in [-0.1, -0.05) is 37.0 Å². The van der Waals surface area contributed by atoms with Gasteiger partial charge in [0.25, 0.3) is 0 Å². The lowest BCUT2D eigenvalue weighted by Gasteiger charge is -2.12. The predicted octanol–water partition coefficient (Wildman–Crippen LogP) is 0.287. The van der Waals surface area contributed by atoms with Crippen molar-refractivity contribution in [1.82, 2.24) is 9.80 Å². The zero-order chi connectivity index (χ0) is 17.6. The van der Waals surface area contributed by atoms with Crippen molar-refractivity contribution in [1.29, 1.82) is 0 Å². The van der Waals surface area contributed by atoms with Gasteiger partial charge in [-0.2, -0.15) is 0 Å². The Morgan fingerprint density at radius 2 is 1.62 bits per heavy atom. The lowest BCUT2D eigenvalue weighted by molar-refractivity contribution is -0.124. The molecule has 0 atom stereocenters. The van der Waals surface area contributed by atoms with E-state index in [2.05, 4.69) is 16.8 Å². The molecular weight excluding hydrogens is 379 g/mol. The maximum atomic E-state index is 11.5. The Hall–Kier alpha value is -1.17. The van der Waals surface area contributed by atoms with E-state index in [4.69, 9.17) is 19.2 Å². The molecular formula is C11H19N4O6PS2. The average Bonchev–Trinajstić information content (AvgIpc) is 2.93. The van der Waals surface area contributed by atoms with E-state index in [1.54, 1.807) is 13.1 Å². The number of phosphoric acid groups is 1. The van der Waals surface area contributed by atoms with Crippen LogP contribution in [0.25, 0.3) is 0 Å². The van der Waals surface area contributed by atoms with E-state index in [-0.39, 0.29) is 19.2 Å². The zero-order valence-corrected chi connectivity index (χ0v) is 14.6. The number of rotatable bonds is 3. The minimum Gasteiger partial charge on any atom is -0.303 e. The highest BCUT2D eigenvalue weighted by molar-refractivity contribution is 8.15. The summed E-state index contributed by atoms with van der Waals surface area (Å²) in [7, 11) is -2.98. The SMILES string of the molecule is C.C=CCN1C(=O)CSC1=NN=C1SCC(=O)N1C.O=P(O)(O)O. The topological polar surface area (TPSA) is 143 Å². The van der Waals surface area contributed by atoms with E-state index in [1.807, 2.05) is 0 Å². The number of hydrogen-bond acceptors (Lipinski definition) is 7. The third kappa shape index (κ3) is 7.60. The van der Waals surface area contributed by atoms with Crippen LogP contribution in [0.15, 0.2) is 22.9 Å². The van der Waals surface area contributed by atoms with Crippen LogP contribution >= 0.6 is 31.3 Å². The Labute approximate surface area is 147 Å². The van der Waals surface area contributed by atoms with Crippen molar-refractivity contribution in [2.45, 2.75) is 7.43 Å². The third-order valence-electron chi connectivity index (χ3n) is 2.38. The van der Waals surface area contributed by atoms with Gasteiger partial charge in [0.15, 0.2) is 10.3 Å². The molecule has 2 saturated heterocycles. The summed E-state index contributed by atoms with van der Waals surface area (Å²) in [5.74, 6) is 0.779. The Kier molecular flexibility index (Phi) is 9.48. The molecule has 0 aromatic heterocycles. The van der Waals surface area contributed by atoms with Crippen molar-refractivity contribution in [2.75, 3.05) is 25.1 Å². The fourth-order valence-electron chi connectivity index (χ4n) is 1.39. The second-order valence-corrected chi connectivity index (χ2v) is 7.01. The third-order valence-corrected chi connectivity index (χ3v) is 4.33. The number of carbonyl (C=O) groups is 2. The number of carbonyl (C=O) groups excluding carboxylic acids is 2. The van der Waals surface area contributed by atoms with E-state index < -0.39 is 7.82 Å². The first kappa shape index (κ1) is 22.8. The molecule has 2 aliphatic heterocycles. The van der Waals surface area contributed by atoms with Crippen molar-refractivity contribution in [3.8, 4) is 0 Å². The Morgan fingerprint density at radius 3 is 2.08 bits per heavy atom. The minimum atomic E-state index is -4.64. The van der Waals surface area contributed by atoms with Gasteiger partial charge in [0.2, 0.25) is 11.8 Å². The van der Waals surface area contributed by atoms with Crippen molar-refractivity contribution in [3.63, 3.8) is 0 Å². The first-order valence-corrected chi connectivity index (χ1v) is 9.54. The van der Waals surface area contributed by atoms with Crippen LogP contribution in [-0.4, -0.2) is 71.7 Å². The predicted molar refractivity (Wildman–Crippen MR) is 95.5 cm³/mol. The highest BCUT2D eigenvalue weighted by atomic mass is 32.2. The Bertz CT molecular complexity index is 597. The summed E-state index contributed by atoms with van der Waals surface area (Å²) in [5, 5.41) is 9.20. The van der Waals surface area contributed by atoms with Gasteiger partial charge in [-0.25, -0.2) is 4.57 Å². The molecule has 0 aromatic carbocycles. The molecule has 2 aliphatic rings. The molecule has 0 saturated carbocycles. The van der Waals surface area contributed by atoms with Gasteiger partial charge in [-0.15, -0.1) is 16.8 Å². The minimum absolute atomic E-state index is 0. The van der Waals surface area contributed by atoms with E-state index >= 15 is 0 Å². The Balaban J connectivity index is 0.000000777. The highest BCUT2D eigenvalue weighted by Gasteiger charge is 2.28. The van der Waals surface area contributed by atoms with Gasteiger partial charge >= 0.3 is 7.82 Å². The van der Waals surface area contributed by atoms with E-state index in [1.165, 1.54) is 33.3 Å². The molecule has 0 bridgehead atoms. The van der Waals surface area contributed by atoms with Gasteiger partial charge in [0.05, 0.1) is 11.5 Å². The summed E-state index contributed by atoms with van der Waals surface area (Å²) < 4.78 is 8.88. The summed E-state index contributed by atoms with van der Waals surface area (Å²) in [4.78, 5) is 47.4. The van der Waals surface area contributed by atoms with Crippen molar-refractivity contribution in [2.24, 2.45) is 10.2 Å². The molecule has 13 heteroatoms. The first-order valence-electron chi connectivity index (χ1n) is 6.01. The maximum Gasteiger partial charge on any atom is 0.466 e. The fourth-order valence-corrected chi connectivity index (χ4v) is 3.07. The van der Waals surface area contributed by atoms with Gasteiger partial charge in [-0.3, -0.25) is 19.4 Å². The average molecular weight is 398 g/mol. The summed E-state index contributed by atoms with van der Waals surface area (Å²) in [6.45, 7) is 4.03. The summed E-state index contributed by atoms with van der Waals surface area (Å²) in [6, 6.07) is 0. The number of thioether (sulfide) groups is 2. The van der Waals surface area contributed by atoms with Crippen LogP contribution in [0.1, 0.15) is 7.43 Å². The monoisotopic (exact) mass is 398 g/mol. The van der Waals surface area contributed by atoms with Gasteiger partial charge in [-0.05, 0) is 0 Å². The van der Waals surface area contributed by atoms with E-state index in [9.17, 15) is 9.59 Å². The number of amidine groups is 2. The summed E-state index contributed by atoms with van der Waals surface area (Å²) >= 11 is 2.69. The van der Waals surface area contributed by atoms with Crippen molar-refractivity contribution < 1.29 is 28.8 Å².